The van der Waals surface area contributed by atoms with Crippen LogP contribution in [0.25, 0.3) is 17.1 Å². The number of thioether (sulfide) groups is 1. The van der Waals surface area contributed by atoms with Gasteiger partial charge < -0.3 is 4.74 Å². The Morgan fingerprint density at radius 1 is 0.971 bits per heavy atom. The minimum Gasteiger partial charge on any atom is -0.406 e. The molecule has 1 aromatic heterocycles. The molecule has 35 heavy (non-hydrogen) atoms. The quantitative estimate of drug-likeness (QED) is 0.296. The van der Waals surface area contributed by atoms with Crippen LogP contribution < -0.4 is 15.6 Å². The summed E-state index contributed by atoms with van der Waals surface area (Å²) in [5, 5.41) is 6.73. The van der Waals surface area contributed by atoms with Crippen molar-refractivity contribution in [2.24, 2.45) is 10.8 Å². The van der Waals surface area contributed by atoms with E-state index in [9.17, 15) is 13.2 Å². The van der Waals surface area contributed by atoms with E-state index >= 15 is 0 Å². The number of halogens is 3. The molecule has 4 aromatic rings. The van der Waals surface area contributed by atoms with Gasteiger partial charge in [0.2, 0.25) is 0 Å². The summed E-state index contributed by atoms with van der Waals surface area (Å²) in [4.78, 5) is 9.07. The number of ether oxygens (including phenoxy) is 1. The lowest BCUT2D eigenvalue weighted by atomic mass is 10.1. The van der Waals surface area contributed by atoms with Crippen LogP contribution in [0.5, 0.6) is 5.75 Å². The van der Waals surface area contributed by atoms with Crippen LogP contribution in [0.3, 0.4) is 0 Å². The largest absolute Gasteiger partial charge is 0.573 e. The van der Waals surface area contributed by atoms with E-state index in [-0.39, 0.29) is 11.8 Å². The Morgan fingerprint density at radius 2 is 1.69 bits per heavy atom. The molecule has 0 fully saturated rings. The topological polar surface area (TPSA) is 81.6 Å². The van der Waals surface area contributed by atoms with Crippen molar-refractivity contribution in [3.05, 3.63) is 90.8 Å². The maximum Gasteiger partial charge on any atom is 0.573 e. The molecule has 0 spiro atoms. The standard InChI is InChI=1S/C24H19F3N6OS/c25-24(26,27)34-20-12-10-18(11-13-20)32-15-29-22(31-32)17-6-8-19(9-7-17)33(28)23-30-21(14-35-23)16-4-2-1-3-5-16/h1-13,15,21H,14,28H2. The van der Waals surface area contributed by atoms with Crippen molar-refractivity contribution in [3.8, 4) is 22.8 Å². The molecule has 2 heterocycles. The summed E-state index contributed by atoms with van der Waals surface area (Å²) in [5.74, 6) is 7.32. The average molecular weight is 497 g/mol. The van der Waals surface area contributed by atoms with E-state index in [1.807, 2.05) is 42.5 Å². The van der Waals surface area contributed by atoms with E-state index in [0.29, 0.717) is 11.5 Å². The fourth-order valence-electron chi connectivity index (χ4n) is 3.54. The second-order valence-electron chi connectivity index (χ2n) is 7.62. The Bertz CT molecular complexity index is 1320. The molecular formula is C24H19F3N6OS. The summed E-state index contributed by atoms with van der Waals surface area (Å²) in [7, 11) is 0. The van der Waals surface area contributed by atoms with Crippen LogP contribution in [0.15, 0.2) is 90.2 Å². The van der Waals surface area contributed by atoms with Gasteiger partial charge in [-0.1, -0.05) is 42.1 Å². The number of benzene rings is 3. The summed E-state index contributed by atoms with van der Waals surface area (Å²) < 4.78 is 42.4. The molecule has 178 valence electrons. The highest BCUT2D eigenvalue weighted by Gasteiger charge is 2.31. The molecule has 1 aliphatic heterocycles. The van der Waals surface area contributed by atoms with Crippen LogP contribution in [0, 0.1) is 0 Å². The highest BCUT2D eigenvalue weighted by atomic mass is 32.2. The van der Waals surface area contributed by atoms with Crippen molar-refractivity contribution in [3.63, 3.8) is 0 Å². The Kier molecular flexibility index (Phi) is 6.18. The molecule has 5 rings (SSSR count). The van der Waals surface area contributed by atoms with E-state index in [1.54, 1.807) is 16.8 Å². The monoisotopic (exact) mass is 496 g/mol. The lowest BCUT2D eigenvalue weighted by Crippen LogP contribution is -2.34. The van der Waals surface area contributed by atoms with Gasteiger partial charge >= 0.3 is 6.36 Å². The van der Waals surface area contributed by atoms with Gasteiger partial charge in [0.25, 0.3) is 0 Å². The highest BCUT2D eigenvalue weighted by Crippen LogP contribution is 2.32. The zero-order valence-electron chi connectivity index (χ0n) is 18.1. The summed E-state index contributed by atoms with van der Waals surface area (Å²) in [6.45, 7) is 0. The van der Waals surface area contributed by atoms with Gasteiger partial charge in [-0.15, -0.1) is 18.3 Å². The maximum atomic E-state index is 12.3. The maximum absolute atomic E-state index is 12.3. The third-order valence-corrected chi connectivity index (χ3v) is 6.30. The highest BCUT2D eigenvalue weighted by molar-refractivity contribution is 8.14. The van der Waals surface area contributed by atoms with E-state index in [2.05, 4.69) is 27.0 Å². The summed E-state index contributed by atoms with van der Waals surface area (Å²) in [6.07, 6.45) is -3.24. The summed E-state index contributed by atoms with van der Waals surface area (Å²) >= 11 is 1.61. The zero-order valence-corrected chi connectivity index (χ0v) is 18.9. The van der Waals surface area contributed by atoms with Gasteiger partial charge in [0.15, 0.2) is 11.0 Å². The van der Waals surface area contributed by atoms with Gasteiger partial charge in [0.1, 0.15) is 12.1 Å². The Balaban J connectivity index is 1.27. The van der Waals surface area contributed by atoms with Crippen molar-refractivity contribution in [1.82, 2.24) is 14.8 Å². The number of nitrogens with two attached hydrogens (primary N) is 1. The lowest BCUT2D eigenvalue weighted by Gasteiger charge is -2.17. The first-order valence-corrected chi connectivity index (χ1v) is 11.5. The Morgan fingerprint density at radius 3 is 2.37 bits per heavy atom. The Hall–Kier alpha value is -3.83. The van der Waals surface area contributed by atoms with Crippen molar-refractivity contribution in [1.29, 1.82) is 0 Å². The van der Waals surface area contributed by atoms with Gasteiger partial charge in [0, 0.05) is 11.3 Å². The molecule has 3 aromatic carbocycles. The zero-order chi connectivity index (χ0) is 24.4. The molecular weight excluding hydrogens is 477 g/mol. The third-order valence-electron chi connectivity index (χ3n) is 5.26. The van der Waals surface area contributed by atoms with Gasteiger partial charge in [-0.2, -0.15) is 0 Å². The molecule has 11 heteroatoms. The number of aliphatic imine (C=N–C) groups is 1. The molecule has 1 aliphatic rings. The molecule has 1 unspecified atom stereocenters. The number of amidine groups is 1. The minimum atomic E-state index is -4.74. The van der Waals surface area contributed by atoms with E-state index in [1.165, 1.54) is 35.3 Å². The van der Waals surface area contributed by atoms with Crippen molar-refractivity contribution in [2.45, 2.75) is 12.4 Å². The van der Waals surface area contributed by atoms with Crippen molar-refractivity contribution >= 4 is 22.6 Å². The van der Waals surface area contributed by atoms with Crippen LogP contribution in [0.2, 0.25) is 0 Å². The van der Waals surface area contributed by atoms with Crippen LogP contribution in [0.4, 0.5) is 18.9 Å². The lowest BCUT2D eigenvalue weighted by molar-refractivity contribution is -0.274. The average Bonchev–Trinajstić information content (AvgIpc) is 3.55. The third kappa shape index (κ3) is 5.31. The fourth-order valence-corrected chi connectivity index (χ4v) is 4.56. The molecule has 0 radical (unpaired) electrons. The molecule has 0 saturated carbocycles. The number of nitrogens with zero attached hydrogens (tertiary/aromatic N) is 5. The van der Waals surface area contributed by atoms with Crippen LogP contribution in [-0.4, -0.2) is 32.0 Å². The number of anilines is 1. The fraction of sp³-hybridized carbons (Fsp3) is 0.125. The van der Waals surface area contributed by atoms with Gasteiger partial charge in [0.05, 0.1) is 17.4 Å². The second-order valence-corrected chi connectivity index (χ2v) is 8.61. The first-order chi connectivity index (χ1) is 16.9. The van der Waals surface area contributed by atoms with E-state index in [4.69, 9.17) is 10.8 Å². The number of rotatable bonds is 5. The number of hydrogen-bond donors (Lipinski definition) is 1. The van der Waals surface area contributed by atoms with E-state index in [0.717, 1.165) is 27.7 Å². The Labute approximate surface area is 203 Å². The van der Waals surface area contributed by atoms with Crippen LogP contribution in [-0.2, 0) is 0 Å². The molecule has 0 bridgehead atoms. The molecule has 0 saturated heterocycles. The minimum absolute atomic E-state index is 0.0729. The predicted octanol–water partition coefficient (Wildman–Crippen LogP) is 5.36. The summed E-state index contributed by atoms with van der Waals surface area (Å²) in [6, 6.07) is 23.0. The normalized spacial score (nSPS) is 15.7. The second kappa shape index (κ2) is 9.43. The van der Waals surface area contributed by atoms with Crippen molar-refractivity contribution in [2.75, 3.05) is 10.8 Å². The van der Waals surface area contributed by atoms with Crippen LogP contribution >= 0.6 is 11.8 Å². The molecule has 2 N–H and O–H groups in total. The molecule has 1 atom stereocenters. The first-order valence-electron chi connectivity index (χ1n) is 10.5. The molecule has 0 amide bonds. The number of hydrazine groups is 1. The number of hydrogen-bond acceptors (Lipinski definition) is 7. The van der Waals surface area contributed by atoms with Crippen molar-refractivity contribution < 1.29 is 17.9 Å². The van der Waals surface area contributed by atoms with Gasteiger partial charge in [-0.05, 0) is 54.1 Å². The van der Waals surface area contributed by atoms with Gasteiger partial charge in [-0.25, -0.2) is 15.5 Å². The predicted molar refractivity (Wildman–Crippen MR) is 129 cm³/mol. The molecule has 7 nitrogen and oxygen atoms in total. The van der Waals surface area contributed by atoms with E-state index < -0.39 is 6.36 Å². The number of aromatic nitrogens is 3. The smallest absolute Gasteiger partial charge is 0.406 e. The molecule has 0 aliphatic carbocycles. The SMILES string of the molecule is NN(C1=NC(c2ccccc2)CS1)c1ccc(-c2ncn(-c3ccc(OC(F)(F)F)cc3)n2)cc1. The number of alkyl halides is 3. The first kappa shape index (κ1) is 22.9. The summed E-state index contributed by atoms with van der Waals surface area (Å²) in [5.41, 5.74) is 3.24. The van der Waals surface area contributed by atoms with Gasteiger partial charge in [-0.3, -0.25) is 10.0 Å². The van der Waals surface area contributed by atoms with Crippen LogP contribution in [0.1, 0.15) is 11.6 Å².